The van der Waals surface area contributed by atoms with E-state index in [1.165, 1.54) is 0 Å². The third-order valence-corrected chi connectivity index (χ3v) is 3.37. The molecule has 0 saturated heterocycles. The molecule has 2 N–H and O–H groups in total. The average Bonchev–Trinajstić information content (AvgIpc) is 2.15. The van der Waals surface area contributed by atoms with Gasteiger partial charge in [0.2, 0.25) is 0 Å². The Morgan fingerprint density at radius 3 is 2.44 bits per heavy atom. The van der Waals surface area contributed by atoms with E-state index in [9.17, 15) is 13.2 Å². The van der Waals surface area contributed by atoms with Crippen LogP contribution in [-0.4, -0.2) is 12.2 Å². The lowest BCUT2D eigenvalue weighted by Crippen LogP contribution is -2.43. The van der Waals surface area contributed by atoms with Gasteiger partial charge in [0, 0.05) is 6.04 Å². The van der Waals surface area contributed by atoms with Crippen molar-refractivity contribution in [1.82, 2.24) is 0 Å². The molecule has 0 radical (unpaired) electrons. The van der Waals surface area contributed by atoms with Crippen molar-refractivity contribution in [2.75, 3.05) is 0 Å². The normalized spacial score (nSPS) is 28.8. The van der Waals surface area contributed by atoms with Crippen LogP contribution in [0.15, 0.2) is 12.2 Å². The quantitative estimate of drug-likeness (QED) is 0.742. The van der Waals surface area contributed by atoms with Crippen LogP contribution in [0.4, 0.5) is 13.2 Å². The molecule has 1 rings (SSSR count). The second-order valence-electron chi connectivity index (χ2n) is 4.92. The van der Waals surface area contributed by atoms with Crippen molar-refractivity contribution >= 4 is 0 Å². The Labute approximate surface area is 94.9 Å². The summed E-state index contributed by atoms with van der Waals surface area (Å²) >= 11 is 0. The molecule has 3 atom stereocenters. The van der Waals surface area contributed by atoms with Crippen LogP contribution >= 0.6 is 0 Å². The summed E-state index contributed by atoms with van der Waals surface area (Å²) < 4.78 is 38.4. The molecule has 0 bridgehead atoms. The SMILES string of the molecule is C=C(C)CC(N)C1CCCCC1C(F)(F)F. The van der Waals surface area contributed by atoms with E-state index >= 15 is 0 Å². The molecule has 94 valence electrons. The number of rotatable bonds is 3. The molecule has 0 aromatic carbocycles. The topological polar surface area (TPSA) is 26.0 Å². The van der Waals surface area contributed by atoms with Gasteiger partial charge in [0.25, 0.3) is 0 Å². The van der Waals surface area contributed by atoms with E-state index < -0.39 is 24.1 Å². The lowest BCUT2D eigenvalue weighted by molar-refractivity contribution is -0.198. The van der Waals surface area contributed by atoms with Crippen LogP contribution < -0.4 is 5.73 Å². The predicted octanol–water partition coefficient (Wildman–Crippen LogP) is 3.65. The molecule has 1 saturated carbocycles. The highest BCUT2D eigenvalue weighted by molar-refractivity contribution is 4.96. The maximum atomic E-state index is 12.8. The third-order valence-electron chi connectivity index (χ3n) is 3.37. The standard InChI is InChI=1S/C12H20F3N/c1-8(2)7-11(16)9-5-3-4-6-10(9)12(13,14)15/h9-11H,1,3-7,16H2,2H3. The zero-order valence-electron chi connectivity index (χ0n) is 9.69. The van der Waals surface area contributed by atoms with Gasteiger partial charge in [0.1, 0.15) is 0 Å². The molecule has 1 nitrogen and oxygen atoms in total. The Bertz CT molecular complexity index is 247. The summed E-state index contributed by atoms with van der Waals surface area (Å²) in [6.07, 6.45) is -1.24. The first kappa shape index (κ1) is 13.6. The van der Waals surface area contributed by atoms with E-state index in [2.05, 4.69) is 6.58 Å². The van der Waals surface area contributed by atoms with Crippen molar-refractivity contribution in [3.63, 3.8) is 0 Å². The van der Waals surface area contributed by atoms with Gasteiger partial charge in [-0.1, -0.05) is 18.4 Å². The lowest BCUT2D eigenvalue weighted by Gasteiger charge is -2.36. The highest BCUT2D eigenvalue weighted by Gasteiger charge is 2.46. The minimum absolute atomic E-state index is 0.234. The maximum absolute atomic E-state index is 12.8. The Hall–Kier alpha value is -0.510. The number of alkyl halides is 3. The molecule has 1 fully saturated rings. The van der Waals surface area contributed by atoms with E-state index in [1.54, 1.807) is 0 Å². The highest BCUT2D eigenvalue weighted by atomic mass is 19.4. The lowest BCUT2D eigenvalue weighted by atomic mass is 9.74. The molecule has 3 unspecified atom stereocenters. The third kappa shape index (κ3) is 3.51. The second-order valence-corrected chi connectivity index (χ2v) is 4.92. The fourth-order valence-corrected chi connectivity index (χ4v) is 2.63. The summed E-state index contributed by atoms with van der Waals surface area (Å²) in [6, 6.07) is -0.399. The molecule has 4 heteroatoms. The maximum Gasteiger partial charge on any atom is 0.392 e. The van der Waals surface area contributed by atoms with Gasteiger partial charge >= 0.3 is 6.18 Å². The van der Waals surface area contributed by atoms with E-state index in [1.807, 2.05) is 6.92 Å². The van der Waals surface area contributed by atoms with Gasteiger partial charge < -0.3 is 5.73 Å². The summed E-state index contributed by atoms with van der Waals surface area (Å²) in [7, 11) is 0. The monoisotopic (exact) mass is 235 g/mol. The van der Waals surface area contributed by atoms with Crippen molar-refractivity contribution in [2.24, 2.45) is 17.6 Å². The molecule has 16 heavy (non-hydrogen) atoms. The summed E-state index contributed by atoms with van der Waals surface area (Å²) in [6.45, 7) is 5.53. The summed E-state index contributed by atoms with van der Waals surface area (Å²) in [5, 5.41) is 0. The fourth-order valence-electron chi connectivity index (χ4n) is 2.63. The van der Waals surface area contributed by atoms with Gasteiger partial charge in [-0.25, -0.2) is 0 Å². The number of hydrogen-bond acceptors (Lipinski definition) is 1. The van der Waals surface area contributed by atoms with Gasteiger partial charge in [0.15, 0.2) is 0 Å². The zero-order chi connectivity index (χ0) is 12.3. The molecule has 0 heterocycles. The van der Waals surface area contributed by atoms with Crippen LogP contribution in [0.1, 0.15) is 39.0 Å². The van der Waals surface area contributed by atoms with Gasteiger partial charge in [-0.3, -0.25) is 0 Å². The van der Waals surface area contributed by atoms with Crippen LogP contribution in [0.25, 0.3) is 0 Å². The van der Waals surface area contributed by atoms with Crippen LogP contribution in [0.2, 0.25) is 0 Å². The Balaban J connectivity index is 2.70. The molecular weight excluding hydrogens is 215 g/mol. The van der Waals surface area contributed by atoms with E-state index in [4.69, 9.17) is 5.73 Å². The first-order chi connectivity index (χ1) is 7.32. The summed E-state index contributed by atoms with van der Waals surface area (Å²) in [5.74, 6) is -1.64. The predicted molar refractivity (Wildman–Crippen MR) is 58.9 cm³/mol. The number of nitrogens with two attached hydrogens (primary N) is 1. The molecule has 0 spiro atoms. The van der Waals surface area contributed by atoms with Crippen LogP contribution in [0.5, 0.6) is 0 Å². The Kier molecular flexibility index (Phi) is 4.42. The minimum atomic E-state index is -4.10. The van der Waals surface area contributed by atoms with Crippen molar-refractivity contribution in [1.29, 1.82) is 0 Å². The number of halogens is 3. The molecule has 0 amide bonds. The highest BCUT2D eigenvalue weighted by Crippen LogP contribution is 2.43. The Morgan fingerprint density at radius 2 is 1.94 bits per heavy atom. The van der Waals surface area contributed by atoms with Crippen molar-refractivity contribution in [3.8, 4) is 0 Å². The van der Waals surface area contributed by atoms with Crippen molar-refractivity contribution in [2.45, 2.75) is 51.2 Å². The van der Waals surface area contributed by atoms with E-state index in [0.717, 1.165) is 12.0 Å². The molecule has 0 aromatic heterocycles. The minimum Gasteiger partial charge on any atom is -0.327 e. The van der Waals surface area contributed by atoms with Crippen LogP contribution in [0, 0.1) is 11.8 Å². The molecular formula is C12H20F3N. The van der Waals surface area contributed by atoms with Crippen molar-refractivity contribution in [3.05, 3.63) is 12.2 Å². The number of hydrogen-bond donors (Lipinski definition) is 1. The average molecular weight is 235 g/mol. The van der Waals surface area contributed by atoms with Gasteiger partial charge in [0.05, 0.1) is 5.92 Å². The van der Waals surface area contributed by atoms with Gasteiger partial charge in [-0.05, 0) is 32.1 Å². The Morgan fingerprint density at radius 1 is 1.38 bits per heavy atom. The van der Waals surface area contributed by atoms with Gasteiger partial charge in [-0.2, -0.15) is 13.2 Å². The van der Waals surface area contributed by atoms with Crippen LogP contribution in [0.3, 0.4) is 0 Å². The van der Waals surface area contributed by atoms with E-state index in [-0.39, 0.29) is 6.42 Å². The second kappa shape index (κ2) is 5.21. The largest absolute Gasteiger partial charge is 0.392 e. The zero-order valence-corrected chi connectivity index (χ0v) is 9.69. The van der Waals surface area contributed by atoms with E-state index in [0.29, 0.717) is 19.3 Å². The summed E-state index contributed by atoms with van der Waals surface area (Å²) in [4.78, 5) is 0. The molecule has 0 aromatic rings. The first-order valence-electron chi connectivity index (χ1n) is 5.79. The first-order valence-corrected chi connectivity index (χ1v) is 5.79. The van der Waals surface area contributed by atoms with Gasteiger partial charge in [-0.15, -0.1) is 6.58 Å². The van der Waals surface area contributed by atoms with Crippen molar-refractivity contribution < 1.29 is 13.2 Å². The van der Waals surface area contributed by atoms with Crippen LogP contribution in [-0.2, 0) is 0 Å². The smallest absolute Gasteiger partial charge is 0.327 e. The fraction of sp³-hybridized carbons (Fsp3) is 0.833. The molecule has 1 aliphatic carbocycles. The molecule has 0 aliphatic heterocycles. The summed E-state index contributed by atoms with van der Waals surface area (Å²) in [5.41, 5.74) is 6.74. The molecule has 1 aliphatic rings.